The minimum absolute atomic E-state index is 0.341. The molecule has 0 fully saturated rings. The highest BCUT2D eigenvalue weighted by atomic mass is 16.5. The molecule has 0 radical (unpaired) electrons. The van der Waals surface area contributed by atoms with Crippen molar-refractivity contribution in [2.45, 2.75) is 20.8 Å². The second-order valence-electron chi connectivity index (χ2n) is 1.66. The third kappa shape index (κ3) is 9.28. The van der Waals surface area contributed by atoms with Gasteiger partial charge in [0.15, 0.2) is 0 Å². The molecule has 0 aromatic heterocycles. The summed E-state index contributed by atoms with van der Waals surface area (Å²) in [6.45, 7) is 7.73. The van der Waals surface area contributed by atoms with Gasteiger partial charge in [0.1, 0.15) is 0 Å². The van der Waals surface area contributed by atoms with Crippen LogP contribution in [0.3, 0.4) is 0 Å². The van der Waals surface area contributed by atoms with Crippen molar-refractivity contribution >= 4 is 0 Å². The first-order valence-electron chi connectivity index (χ1n) is 4.06. The highest BCUT2D eigenvalue weighted by Crippen LogP contribution is 1.77. The standard InChI is InChI=1S/C4H12N4O2.C2H6/c1-2-5-3-4-8(6-9)7-10;1-2/h5-6,9H,2-4H2,1H3;1-2H3. The predicted octanol–water partition coefficient (Wildman–Crippen LogP) is 0.499. The molecule has 6 nitrogen and oxygen atoms in total. The first-order valence-corrected chi connectivity index (χ1v) is 4.06. The zero-order valence-electron chi connectivity index (χ0n) is 7.87. The second-order valence-corrected chi connectivity index (χ2v) is 1.66. The van der Waals surface area contributed by atoms with E-state index in [2.05, 4.69) is 10.6 Å². The van der Waals surface area contributed by atoms with E-state index in [0.717, 1.165) is 11.7 Å². The average molecular weight is 178 g/mol. The minimum Gasteiger partial charge on any atom is -0.315 e. The fourth-order valence-corrected chi connectivity index (χ4v) is 0.471. The fourth-order valence-electron chi connectivity index (χ4n) is 0.471. The molecule has 0 saturated heterocycles. The molecule has 0 amide bonds. The lowest BCUT2D eigenvalue weighted by atomic mass is 10.6. The Morgan fingerprint density at radius 1 is 1.50 bits per heavy atom. The molecule has 3 N–H and O–H groups in total. The van der Waals surface area contributed by atoms with E-state index in [0.29, 0.717) is 13.1 Å². The SMILES string of the molecule is CC.CCNCCN(N=O)NO. The van der Waals surface area contributed by atoms with Gasteiger partial charge in [-0.15, -0.1) is 4.91 Å². The Morgan fingerprint density at radius 2 is 2.08 bits per heavy atom. The predicted molar refractivity (Wildman–Crippen MR) is 47.3 cm³/mol. The summed E-state index contributed by atoms with van der Waals surface area (Å²) in [4.78, 5) is 9.76. The van der Waals surface area contributed by atoms with E-state index in [1.54, 1.807) is 5.59 Å². The number of rotatable bonds is 6. The molecule has 0 saturated carbocycles. The van der Waals surface area contributed by atoms with Gasteiger partial charge in [-0.1, -0.05) is 26.4 Å². The lowest BCUT2D eigenvalue weighted by Crippen LogP contribution is -2.36. The van der Waals surface area contributed by atoms with Crippen molar-refractivity contribution in [1.29, 1.82) is 0 Å². The molecular formula is C6H18N4O2. The summed E-state index contributed by atoms with van der Waals surface area (Å²) in [6, 6.07) is 0. The van der Waals surface area contributed by atoms with Crippen molar-refractivity contribution < 1.29 is 5.21 Å². The van der Waals surface area contributed by atoms with Crippen molar-refractivity contribution in [1.82, 2.24) is 16.0 Å². The van der Waals surface area contributed by atoms with Gasteiger partial charge in [0.05, 0.1) is 11.8 Å². The maximum atomic E-state index is 9.76. The quantitative estimate of drug-likeness (QED) is 0.313. The van der Waals surface area contributed by atoms with Gasteiger partial charge in [0, 0.05) is 6.54 Å². The number of hydrogen-bond donors (Lipinski definition) is 3. The van der Waals surface area contributed by atoms with Crippen LogP contribution < -0.4 is 10.9 Å². The Bertz CT molecular complexity index is 91.6. The Labute approximate surface area is 72.8 Å². The molecule has 0 aromatic carbocycles. The van der Waals surface area contributed by atoms with Gasteiger partial charge in [0.25, 0.3) is 0 Å². The Kier molecular flexibility index (Phi) is 14.9. The maximum Gasteiger partial charge on any atom is 0.0713 e. The topological polar surface area (TPSA) is 77.0 Å². The minimum atomic E-state index is 0.341. The van der Waals surface area contributed by atoms with Crippen molar-refractivity contribution in [3.8, 4) is 0 Å². The number of hydrazine groups is 1. The van der Waals surface area contributed by atoms with Crippen LogP contribution in [0.15, 0.2) is 5.29 Å². The maximum absolute atomic E-state index is 9.76. The summed E-state index contributed by atoms with van der Waals surface area (Å²) in [5.74, 6) is 0. The third-order valence-electron chi connectivity index (χ3n) is 0.964. The lowest BCUT2D eigenvalue weighted by Gasteiger charge is -2.10. The summed E-state index contributed by atoms with van der Waals surface area (Å²) >= 11 is 0. The Hall–Kier alpha value is -0.720. The molecule has 74 valence electrons. The summed E-state index contributed by atoms with van der Waals surface area (Å²) in [6.07, 6.45) is 0. The first kappa shape index (κ1) is 13.8. The van der Waals surface area contributed by atoms with Crippen LogP contribution in [-0.4, -0.2) is 30.0 Å². The summed E-state index contributed by atoms with van der Waals surface area (Å²) in [5, 5.41) is 14.4. The molecular weight excluding hydrogens is 160 g/mol. The molecule has 0 aromatic rings. The van der Waals surface area contributed by atoms with Crippen LogP contribution in [-0.2, 0) is 0 Å². The summed E-state index contributed by atoms with van der Waals surface area (Å²) in [5.41, 5.74) is 1.62. The van der Waals surface area contributed by atoms with E-state index >= 15 is 0 Å². The van der Waals surface area contributed by atoms with Crippen LogP contribution in [0.4, 0.5) is 0 Å². The molecule has 0 bridgehead atoms. The molecule has 6 heteroatoms. The van der Waals surface area contributed by atoms with Crippen LogP contribution in [0.5, 0.6) is 0 Å². The largest absolute Gasteiger partial charge is 0.315 e. The van der Waals surface area contributed by atoms with Crippen LogP contribution in [0.25, 0.3) is 0 Å². The van der Waals surface area contributed by atoms with E-state index in [1.165, 1.54) is 0 Å². The molecule has 12 heavy (non-hydrogen) atoms. The van der Waals surface area contributed by atoms with E-state index in [1.807, 2.05) is 20.8 Å². The number of nitrogens with zero attached hydrogens (tertiary/aromatic N) is 2. The van der Waals surface area contributed by atoms with Crippen LogP contribution >= 0.6 is 0 Å². The lowest BCUT2D eigenvalue weighted by molar-refractivity contribution is -0.0190. The molecule has 0 aliphatic heterocycles. The van der Waals surface area contributed by atoms with Crippen molar-refractivity contribution in [2.75, 3.05) is 19.6 Å². The summed E-state index contributed by atoms with van der Waals surface area (Å²) < 4.78 is 0. The molecule has 0 atom stereocenters. The van der Waals surface area contributed by atoms with Crippen LogP contribution in [0.2, 0.25) is 0 Å². The molecule has 0 unspecified atom stereocenters. The Balaban J connectivity index is 0. The average Bonchev–Trinajstić information content (AvgIpc) is 2.16. The van der Waals surface area contributed by atoms with Gasteiger partial charge in [-0.05, 0) is 6.54 Å². The molecule has 0 aliphatic carbocycles. The van der Waals surface area contributed by atoms with Crippen molar-refractivity contribution in [3.63, 3.8) is 0 Å². The van der Waals surface area contributed by atoms with Crippen molar-refractivity contribution in [3.05, 3.63) is 4.91 Å². The number of nitrogens with one attached hydrogen (secondary N) is 2. The molecule has 0 rings (SSSR count). The fraction of sp³-hybridized carbons (Fsp3) is 1.00. The van der Waals surface area contributed by atoms with E-state index in [9.17, 15) is 4.91 Å². The van der Waals surface area contributed by atoms with Gasteiger partial charge >= 0.3 is 0 Å². The normalized spacial score (nSPS) is 8.33. The highest BCUT2D eigenvalue weighted by Gasteiger charge is 1.96. The van der Waals surface area contributed by atoms with Crippen LogP contribution in [0, 0.1) is 4.91 Å². The van der Waals surface area contributed by atoms with Gasteiger partial charge < -0.3 is 5.32 Å². The monoisotopic (exact) mass is 178 g/mol. The van der Waals surface area contributed by atoms with Gasteiger partial charge in [-0.3, -0.25) is 5.21 Å². The molecule has 0 heterocycles. The number of likely N-dealkylation sites (N-methyl/N-ethyl adjacent to an activating group) is 1. The first-order chi connectivity index (χ1) is 5.85. The van der Waals surface area contributed by atoms with E-state index < -0.39 is 0 Å². The van der Waals surface area contributed by atoms with E-state index in [4.69, 9.17) is 5.21 Å². The van der Waals surface area contributed by atoms with Gasteiger partial charge in [-0.25, -0.2) is 0 Å². The smallest absolute Gasteiger partial charge is 0.0713 e. The van der Waals surface area contributed by atoms with E-state index in [-0.39, 0.29) is 0 Å². The second kappa shape index (κ2) is 12.9. The molecule has 0 aliphatic rings. The van der Waals surface area contributed by atoms with Gasteiger partial charge in [-0.2, -0.15) is 5.12 Å². The number of nitroso groups, excluding NO2 is 1. The molecule has 0 spiro atoms. The number of hydrogen-bond acceptors (Lipinski definition) is 5. The third-order valence-corrected chi connectivity index (χ3v) is 0.964. The highest BCUT2D eigenvalue weighted by molar-refractivity contribution is 4.45. The zero-order chi connectivity index (χ0) is 9.82. The summed E-state index contributed by atoms with van der Waals surface area (Å²) in [7, 11) is 0. The van der Waals surface area contributed by atoms with Gasteiger partial charge in [0.2, 0.25) is 0 Å². The Morgan fingerprint density at radius 3 is 2.42 bits per heavy atom. The van der Waals surface area contributed by atoms with Crippen LogP contribution in [0.1, 0.15) is 20.8 Å². The zero-order valence-corrected chi connectivity index (χ0v) is 7.87. The van der Waals surface area contributed by atoms with Crippen molar-refractivity contribution in [2.24, 2.45) is 5.29 Å².